The van der Waals surface area contributed by atoms with Crippen LogP contribution in [0.4, 0.5) is 0 Å². The van der Waals surface area contributed by atoms with E-state index >= 15 is 0 Å². The second-order valence-corrected chi connectivity index (χ2v) is 6.83. The number of rotatable bonds is 5. The number of nitrogens with zero attached hydrogens (tertiary/aromatic N) is 5. The lowest BCUT2D eigenvalue weighted by molar-refractivity contribution is 0.0717. The molecule has 0 saturated carbocycles. The number of hydrogen-bond donors (Lipinski definition) is 0. The maximum atomic E-state index is 13.1. The van der Waals surface area contributed by atoms with Crippen LogP contribution >= 0.6 is 0 Å². The Labute approximate surface area is 142 Å². The van der Waals surface area contributed by atoms with Crippen molar-refractivity contribution in [3.8, 4) is 0 Å². The van der Waals surface area contributed by atoms with Crippen molar-refractivity contribution in [1.29, 1.82) is 0 Å². The van der Waals surface area contributed by atoms with Gasteiger partial charge in [-0.15, -0.1) is 0 Å². The quantitative estimate of drug-likeness (QED) is 0.842. The molecule has 0 aliphatic carbocycles. The molecule has 0 aromatic carbocycles. The fourth-order valence-electron chi connectivity index (χ4n) is 3.38. The van der Waals surface area contributed by atoms with E-state index in [4.69, 9.17) is 4.63 Å². The molecule has 0 radical (unpaired) electrons. The van der Waals surface area contributed by atoms with E-state index in [9.17, 15) is 4.79 Å². The molecule has 3 rings (SSSR count). The van der Waals surface area contributed by atoms with Crippen LogP contribution in [0.2, 0.25) is 0 Å². The molecule has 1 aliphatic rings. The van der Waals surface area contributed by atoms with Gasteiger partial charge < -0.3 is 4.90 Å². The molecule has 2 aromatic rings. The average Bonchev–Trinajstić information content (AvgIpc) is 3.24. The fraction of sp³-hybridized carbons (Fsp3) is 0.647. The minimum absolute atomic E-state index is 0.0178. The van der Waals surface area contributed by atoms with Gasteiger partial charge in [0.15, 0.2) is 0 Å². The van der Waals surface area contributed by atoms with Gasteiger partial charge in [-0.25, -0.2) is 4.63 Å². The Hall–Kier alpha value is -2.18. The van der Waals surface area contributed by atoms with Gasteiger partial charge in [-0.3, -0.25) is 9.48 Å². The van der Waals surface area contributed by atoms with E-state index < -0.39 is 0 Å². The number of likely N-dealkylation sites (tertiary alicyclic amines) is 1. The van der Waals surface area contributed by atoms with Crippen LogP contribution in [0, 0.1) is 12.8 Å². The van der Waals surface area contributed by atoms with E-state index in [0.29, 0.717) is 18.2 Å². The van der Waals surface area contributed by atoms with Gasteiger partial charge >= 0.3 is 0 Å². The van der Waals surface area contributed by atoms with Crippen molar-refractivity contribution in [2.75, 3.05) is 6.54 Å². The number of aromatic nitrogens is 4. The first kappa shape index (κ1) is 16.7. The van der Waals surface area contributed by atoms with Crippen molar-refractivity contribution in [2.24, 2.45) is 5.92 Å². The maximum Gasteiger partial charge on any atom is 0.272 e. The zero-order chi connectivity index (χ0) is 17.3. The molecule has 0 bridgehead atoms. The minimum atomic E-state index is -0.0579. The summed E-state index contributed by atoms with van der Waals surface area (Å²) in [6, 6.07) is 1.88. The van der Waals surface area contributed by atoms with Crippen LogP contribution in [-0.4, -0.2) is 37.4 Å². The highest BCUT2D eigenvalue weighted by molar-refractivity contribution is 5.93. The topological polar surface area (TPSA) is 77.0 Å². The van der Waals surface area contributed by atoms with Gasteiger partial charge in [-0.05, 0) is 45.1 Å². The smallest absolute Gasteiger partial charge is 0.272 e. The van der Waals surface area contributed by atoms with Crippen molar-refractivity contribution in [3.63, 3.8) is 0 Å². The summed E-state index contributed by atoms with van der Waals surface area (Å²) < 4.78 is 6.64. The normalized spacial score (nSPS) is 17.9. The second-order valence-electron chi connectivity index (χ2n) is 6.83. The number of carbonyl (C=O) groups excluding carboxylic acids is 1. The third-order valence-electron chi connectivity index (χ3n) is 4.48. The van der Waals surface area contributed by atoms with Gasteiger partial charge in [-0.1, -0.05) is 24.2 Å². The second kappa shape index (κ2) is 6.75. The number of carbonyl (C=O) groups is 1. The largest absolute Gasteiger partial charge is 0.329 e. The Balaban J connectivity index is 1.88. The molecule has 0 spiro atoms. The lowest BCUT2D eigenvalue weighted by Crippen LogP contribution is -2.32. The molecular weight excluding hydrogens is 306 g/mol. The highest BCUT2D eigenvalue weighted by atomic mass is 16.6. The van der Waals surface area contributed by atoms with Crippen molar-refractivity contribution in [3.05, 3.63) is 28.8 Å². The van der Waals surface area contributed by atoms with Gasteiger partial charge in [0.25, 0.3) is 5.91 Å². The van der Waals surface area contributed by atoms with Crippen LogP contribution in [-0.2, 0) is 13.0 Å². The van der Waals surface area contributed by atoms with Crippen LogP contribution in [0.15, 0.2) is 10.7 Å². The summed E-state index contributed by atoms with van der Waals surface area (Å²) in [7, 11) is 0. The lowest BCUT2D eigenvalue weighted by atomic mass is 10.1. The van der Waals surface area contributed by atoms with E-state index in [0.717, 1.165) is 42.9 Å². The summed E-state index contributed by atoms with van der Waals surface area (Å²) in [5.74, 6) is 0.529. The summed E-state index contributed by atoms with van der Waals surface area (Å²) in [6.45, 7) is 9.60. The summed E-state index contributed by atoms with van der Waals surface area (Å²) in [5.41, 5.74) is 3.16. The summed E-state index contributed by atoms with van der Waals surface area (Å²) in [6.07, 6.45) is 2.73. The third kappa shape index (κ3) is 3.07. The van der Waals surface area contributed by atoms with E-state index in [-0.39, 0.29) is 11.9 Å². The number of amides is 1. The molecule has 24 heavy (non-hydrogen) atoms. The molecule has 0 unspecified atom stereocenters. The molecule has 7 nitrogen and oxygen atoms in total. The Kier molecular flexibility index (Phi) is 4.69. The van der Waals surface area contributed by atoms with Gasteiger partial charge in [-0.2, -0.15) is 5.10 Å². The Morgan fingerprint density at radius 3 is 2.83 bits per heavy atom. The van der Waals surface area contributed by atoms with E-state index in [1.165, 1.54) is 0 Å². The van der Waals surface area contributed by atoms with Crippen molar-refractivity contribution in [1.82, 2.24) is 25.0 Å². The van der Waals surface area contributed by atoms with Crippen LogP contribution in [0.5, 0.6) is 0 Å². The van der Waals surface area contributed by atoms with Gasteiger partial charge in [0.05, 0.1) is 11.7 Å². The van der Waals surface area contributed by atoms with Crippen molar-refractivity contribution < 1.29 is 9.42 Å². The monoisotopic (exact) mass is 331 g/mol. The van der Waals surface area contributed by atoms with Crippen molar-refractivity contribution in [2.45, 2.75) is 59.5 Å². The standard InChI is InChI=1S/C17H25N5O2/c1-5-22-15(10-13(18-22)9-11(2)3)17(23)21-8-6-7-14(21)16-12(4)19-24-20-16/h10-11,14H,5-9H2,1-4H3/t14-/m1/s1. The molecule has 1 aliphatic heterocycles. The minimum Gasteiger partial charge on any atom is -0.329 e. The van der Waals surface area contributed by atoms with E-state index in [1.54, 1.807) is 0 Å². The predicted octanol–water partition coefficient (Wildman–Crippen LogP) is 2.77. The molecule has 1 saturated heterocycles. The van der Waals surface area contributed by atoms with Crippen LogP contribution < -0.4 is 0 Å². The Bertz CT molecular complexity index is 718. The first-order valence-corrected chi connectivity index (χ1v) is 8.68. The molecule has 1 atom stereocenters. The van der Waals surface area contributed by atoms with Gasteiger partial charge in [0.2, 0.25) is 0 Å². The highest BCUT2D eigenvalue weighted by Gasteiger charge is 2.35. The Morgan fingerprint density at radius 2 is 2.21 bits per heavy atom. The molecule has 130 valence electrons. The lowest BCUT2D eigenvalue weighted by Gasteiger charge is -2.23. The predicted molar refractivity (Wildman–Crippen MR) is 88.5 cm³/mol. The molecule has 2 aromatic heterocycles. The average molecular weight is 331 g/mol. The molecule has 1 amide bonds. The van der Waals surface area contributed by atoms with Crippen molar-refractivity contribution >= 4 is 5.91 Å². The number of aryl methyl sites for hydroxylation is 2. The zero-order valence-electron chi connectivity index (χ0n) is 14.8. The van der Waals surface area contributed by atoms with Crippen LogP contribution in [0.3, 0.4) is 0 Å². The number of hydrogen-bond acceptors (Lipinski definition) is 5. The molecule has 1 fully saturated rings. The zero-order valence-corrected chi connectivity index (χ0v) is 14.8. The summed E-state index contributed by atoms with van der Waals surface area (Å²) in [5, 5.41) is 12.5. The van der Waals surface area contributed by atoms with E-state index in [2.05, 4.69) is 29.3 Å². The third-order valence-corrected chi connectivity index (χ3v) is 4.48. The summed E-state index contributed by atoms with van der Waals surface area (Å²) in [4.78, 5) is 15.0. The summed E-state index contributed by atoms with van der Waals surface area (Å²) >= 11 is 0. The van der Waals surface area contributed by atoms with E-state index in [1.807, 2.05) is 29.5 Å². The molecular formula is C17H25N5O2. The molecule has 7 heteroatoms. The van der Waals surface area contributed by atoms with Crippen LogP contribution in [0.1, 0.15) is 67.2 Å². The Morgan fingerprint density at radius 1 is 1.42 bits per heavy atom. The molecule has 0 N–H and O–H groups in total. The SMILES string of the molecule is CCn1nc(CC(C)C)cc1C(=O)N1CCC[C@@H]1c1nonc1C. The first-order chi connectivity index (χ1) is 11.5. The van der Waals surface area contributed by atoms with Gasteiger partial charge in [0.1, 0.15) is 17.1 Å². The maximum absolute atomic E-state index is 13.1. The highest BCUT2D eigenvalue weighted by Crippen LogP contribution is 2.33. The first-order valence-electron chi connectivity index (χ1n) is 8.68. The molecule has 3 heterocycles. The van der Waals surface area contributed by atoms with Crippen LogP contribution in [0.25, 0.3) is 0 Å². The van der Waals surface area contributed by atoms with Gasteiger partial charge in [0, 0.05) is 13.1 Å². The fourth-order valence-corrected chi connectivity index (χ4v) is 3.38.